The van der Waals surface area contributed by atoms with Crippen molar-refractivity contribution in [2.75, 3.05) is 20.2 Å². The molecule has 23 heavy (non-hydrogen) atoms. The number of aryl methyl sites for hydroxylation is 1. The van der Waals surface area contributed by atoms with Gasteiger partial charge in [-0.1, -0.05) is 19.4 Å². The first kappa shape index (κ1) is 15.2. The number of likely N-dealkylation sites (tertiary alicyclic amines) is 1. The van der Waals surface area contributed by atoms with Crippen molar-refractivity contribution in [3.63, 3.8) is 0 Å². The maximum absolute atomic E-state index is 9.69. The number of aliphatic hydroxyl groups is 1. The first-order valence-electron chi connectivity index (χ1n) is 9.15. The van der Waals surface area contributed by atoms with Gasteiger partial charge >= 0.3 is 0 Å². The predicted octanol–water partition coefficient (Wildman–Crippen LogP) is 3.46. The number of unbranched alkanes of at least 4 members (excludes halogenated alkanes) is 1. The van der Waals surface area contributed by atoms with Crippen LogP contribution in [0.5, 0.6) is 0 Å². The van der Waals surface area contributed by atoms with Crippen molar-refractivity contribution in [1.29, 1.82) is 0 Å². The second-order valence-electron chi connectivity index (χ2n) is 7.63. The molecule has 1 aliphatic carbocycles. The summed E-state index contributed by atoms with van der Waals surface area (Å²) in [7, 11) is 2.23. The molecule has 0 bridgehead atoms. The lowest BCUT2D eigenvalue weighted by molar-refractivity contribution is 0.0771. The smallest absolute Gasteiger partial charge is 0.0471 e. The van der Waals surface area contributed by atoms with E-state index in [0.717, 1.165) is 19.4 Å². The molecule has 2 heterocycles. The maximum atomic E-state index is 9.69. The van der Waals surface area contributed by atoms with Gasteiger partial charge in [-0.3, -0.25) is 0 Å². The Morgan fingerprint density at radius 3 is 3.00 bits per heavy atom. The predicted molar refractivity (Wildman–Crippen MR) is 95.0 cm³/mol. The van der Waals surface area contributed by atoms with Gasteiger partial charge < -0.3 is 15.0 Å². The molecule has 0 radical (unpaired) electrons. The van der Waals surface area contributed by atoms with Crippen LogP contribution in [0.2, 0.25) is 0 Å². The summed E-state index contributed by atoms with van der Waals surface area (Å²) in [5, 5.41) is 11.2. The Bertz CT molecular complexity index is 705. The van der Waals surface area contributed by atoms with Gasteiger partial charge in [0.25, 0.3) is 0 Å². The first-order valence-corrected chi connectivity index (χ1v) is 9.15. The number of H-pyrrole nitrogens is 1. The highest BCUT2D eigenvalue weighted by Gasteiger charge is 2.39. The third kappa shape index (κ3) is 2.50. The van der Waals surface area contributed by atoms with E-state index in [1.807, 2.05) is 0 Å². The van der Waals surface area contributed by atoms with Crippen molar-refractivity contribution in [2.45, 2.75) is 51.0 Å². The van der Waals surface area contributed by atoms with Gasteiger partial charge in [-0.2, -0.15) is 0 Å². The second kappa shape index (κ2) is 5.95. The molecule has 1 aliphatic heterocycles. The van der Waals surface area contributed by atoms with Crippen LogP contribution in [0.1, 0.15) is 48.8 Å². The van der Waals surface area contributed by atoms with Gasteiger partial charge in [0.15, 0.2) is 0 Å². The molecule has 1 aromatic heterocycles. The number of aromatic amines is 1. The molecule has 3 heteroatoms. The van der Waals surface area contributed by atoms with Gasteiger partial charge in [-0.25, -0.2) is 0 Å². The highest BCUT2D eigenvalue weighted by Crippen LogP contribution is 2.44. The van der Waals surface area contributed by atoms with Crippen molar-refractivity contribution in [2.24, 2.45) is 5.92 Å². The van der Waals surface area contributed by atoms with Crippen LogP contribution in [0.25, 0.3) is 10.9 Å². The number of hydrogen-bond donors (Lipinski definition) is 2. The summed E-state index contributed by atoms with van der Waals surface area (Å²) in [6, 6.07) is 5.42. The zero-order valence-electron chi connectivity index (χ0n) is 14.3. The minimum absolute atomic E-state index is 0.312. The molecule has 1 aromatic carbocycles. The minimum Gasteiger partial charge on any atom is -0.396 e. The molecule has 2 aliphatic rings. The van der Waals surface area contributed by atoms with Crippen LogP contribution in [0.4, 0.5) is 0 Å². The van der Waals surface area contributed by atoms with Crippen molar-refractivity contribution < 1.29 is 5.11 Å². The lowest BCUT2D eigenvalue weighted by Crippen LogP contribution is -2.48. The Kier molecular flexibility index (Phi) is 3.94. The Hall–Kier alpha value is -1.32. The summed E-state index contributed by atoms with van der Waals surface area (Å²) in [5.74, 6) is 0.981. The fourth-order valence-electron chi connectivity index (χ4n) is 4.85. The molecule has 2 aromatic rings. The van der Waals surface area contributed by atoms with Crippen LogP contribution < -0.4 is 0 Å². The number of rotatable bonds is 4. The van der Waals surface area contributed by atoms with E-state index in [9.17, 15) is 5.11 Å². The van der Waals surface area contributed by atoms with E-state index in [1.165, 1.54) is 46.9 Å². The van der Waals surface area contributed by atoms with Crippen molar-refractivity contribution in [1.82, 2.24) is 9.88 Å². The number of nitrogens with zero attached hydrogens (tertiary/aromatic N) is 1. The third-order valence-electron chi connectivity index (χ3n) is 6.02. The number of nitrogens with one attached hydrogen (secondary N) is 1. The monoisotopic (exact) mass is 312 g/mol. The first-order chi connectivity index (χ1) is 11.2. The molecule has 0 amide bonds. The van der Waals surface area contributed by atoms with Gasteiger partial charge in [0.2, 0.25) is 0 Å². The lowest BCUT2D eigenvalue weighted by Gasteiger charge is -2.45. The van der Waals surface area contributed by atoms with E-state index in [0.29, 0.717) is 24.5 Å². The SMILES string of the molecule is CCCCc1cc2c3c(c[nH]c3c1)C[C@@H]1C2C[C@@H](CO)CN1C. The minimum atomic E-state index is 0.312. The van der Waals surface area contributed by atoms with E-state index in [4.69, 9.17) is 0 Å². The molecule has 3 nitrogen and oxygen atoms in total. The average molecular weight is 312 g/mol. The number of hydrogen-bond acceptors (Lipinski definition) is 2. The fourth-order valence-corrected chi connectivity index (χ4v) is 4.85. The molecule has 1 fully saturated rings. The summed E-state index contributed by atoms with van der Waals surface area (Å²) < 4.78 is 0. The molecule has 124 valence electrons. The number of aromatic nitrogens is 1. The highest BCUT2D eigenvalue weighted by atomic mass is 16.3. The lowest BCUT2D eigenvalue weighted by atomic mass is 9.72. The topological polar surface area (TPSA) is 39.3 Å². The zero-order chi connectivity index (χ0) is 16.0. The molecule has 1 unspecified atom stereocenters. The molecular formula is C20H28N2O. The number of benzene rings is 1. The Morgan fingerprint density at radius 1 is 1.35 bits per heavy atom. The van der Waals surface area contributed by atoms with Crippen molar-refractivity contribution in [3.8, 4) is 0 Å². The number of aliphatic hydroxyl groups excluding tert-OH is 1. The summed E-state index contributed by atoms with van der Waals surface area (Å²) in [4.78, 5) is 6.00. The van der Waals surface area contributed by atoms with Crippen LogP contribution >= 0.6 is 0 Å². The molecule has 1 saturated heterocycles. The van der Waals surface area contributed by atoms with Crippen LogP contribution in [-0.2, 0) is 12.8 Å². The van der Waals surface area contributed by atoms with E-state index < -0.39 is 0 Å². The Morgan fingerprint density at radius 2 is 2.22 bits per heavy atom. The van der Waals surface area contributed by atoms with E-state index in [1.54, 1.807) is 0 Å². The molecule has 3 atom stereocenters. The third-order valence-corrected chi connectivity index (χ3v) is 6.02. The van der Waals surface area contributed by atoms with Crippen molar-refractivity contribution >= 4 is 10.9 Å². The van der Waals surface area contributed by atoms with Crippen LogP contribution in [0.3, 0.4) is 0 Å². The molecule has 0 saturated carbocycles. The average Bonchev–Trinajstić information content (AvgIpc) is 2.97. The van der Waals surface area contributed by atoms with Gasteiger partial charge in [0.1, 0.15) is 0 Å². The van der Waals surface area contributed by atoms with Gasteiger partial charge in [0.05, 0.1) is 0 Å². The normalized spacial score (nSPS) is 27.3. The quantitative estimate of drug-likeness (QED) is 0.907. The van der Waals surface area contributed by atoms with E-state index >= 15 is 0 Å². The van der Waals surface area contributed by atoms with Crippen molar-refractivity contribution in [3.05, 3.63) is 35.0 Å². The summed E-state index contributed by atoms with van der Waals surface area (Å²) in [6.45, 7) is 3.59. The van der Waals surface area contributed by atoms with E-state index in [2.05, 4.69) is 42.2 Å². The van der Waals surface area contributed by atoms with Gasteiger partial charge in [-0.05, 0) is 61.4 Å². The second-order valence-corrected chi connectivity index (χ2v) is 7.63. The van der Waals surface area contributed by atoms with E-state index in [-0.39, 0.29) is 0 Å². The summed E-state index contributed by atoms with van der Waals surface area (Å²) in [5.41, 5.74) is 5.80. The number of fused-ring (bicyclic) bond motifs is 2. The van der Waals surface area contributed by atoms with Crippen LogP contribution in [0, 0.1) is 5.92 Å². The van der Waals surface area contributed by atoms with Crippen LogP contribution in [0.15, 0.2) is 18.3 Å². The molecular weight excluding hydrogens is 284 g/mol. The maximum Gasteiger partial charge on any atom is 0.0471 e. The standard InChI is InChI=1S/C20H28N2O/c1-3-4-5-13-6-17-16-7-14(12-23)11-22(2)19(16)9-15-10-21-18(8-13)20(15)17/h6,8,10,14,16,19,21,23H,3-5,7,9,11-12H2,1-2H3/t14-,16?,19-/m1/s1. The van der Waals surface area contributed by atoms with Gasteiger partial charge in [-0.15, -0.1) is 0 Å². The number of piperidine rings is 1. The Labute approximate surface area is 138 Å². The largest absolute Gasteiger partial charge is 0.396 e. The fraction of sp³-hybridized carbons (Fsp3) is 0.600. The molecule has 2 N–H and O–H groups in total. The zero-order valence-corrected chi connectivity index (χ0v) is 14.3. The molecule has 4 rings (SSSR count). The van der Waals surface area contributed by atoms with Crippen LogP contribution in [-0.4, -0.2) is 41.2 Å². The summed E-state index contributed by atoms with van der Waals surface area (Å²) >= 11 is 0. The van der Waals surface area contributed by atoms with Gasteiger partial charge in [0, 0.05) is 42.2 Å². The summed E-state index contributed by atoms with van der Waals surface area (Å²) in [6.07, 6.45) is 8.16. The Balaban J connectivity index is 1.79. The number of likely N-dealkylation sites (N-methyl/N-ethyl adjacent to an activating group) is 1. The molecule has 0 spiro atoms. The highest BCUT2D eigenvalue weighted by molar-refractivity contribution is 5.89.